The Hall–Kier alpha value is -2.91. The van der Waals surface area contributed by atoms with E-state index in [0.717, 1.165) is 0 Å². The molecule has 24 heavy (non-hydrogen) atoms. The third-order valence-electron chi connectivity index (χ3n) is 3.40. The van der Waals surface area contributed by atoms with Crippen molar-refractivity contribution in [3.05, 3.63) is 59.4 Å². The summed E-state index contributed by atoms with van der Waals surface area (Å²) in [4.78, 5) is 13.7. The third-order valence-corrected chi connectivity index (χ3v) is 3.40. The van der Waals surface area contributed by atoms with Crippen LogP contribution in [0.4, 0.5) is 10.1 Å². The zero-order chi connectivity index (χ0) is 17.5. The lowest BCUT2D eigenvalue weighted by Crippen LogP contribution is -2.30. The van der Waals surface area contributed by atoms with Gasteiger partial charge in [-0.3, -0.25) is 9.69 Å². The van der Waals surface area contributed by atoms with Crippen LogP contribution in [0.3, 0.4) is 0 Å². The Morgan fingerprint density at radius 1 is 1.29 bits per heavy atom. The van der Waals surface area contributed by atoms with Crippen LogP contribution in [-0.4, -0.2) is 31.5 Å². The number of rotatable bonds is 6. The van der Waals surface area contributed by atoms with Gasteiger partial charge in [0.05, 0.1) is 25.3 Å². The van der Waals surface area contributed by atoms with Crippen molar-refractivity contribution in [3.63, 3.8) is 0 Å². The van der Waals surface area contributed by atoms with Crippen LogP contribution in [0.1, 0.15) is 11.1 Å². The molecule has 0 aliphatic carbocycles. The quantitative estimate of drug-likeness (QED) is 0.886. The van der Waals surface area contributed by atoms with Crippen LogP contribution in [0.15, 0.2) is 42.5 Å². The van der Waals surface area contributed by atoms with Gasteiger partial charge in [0, 0.05) is 17.8 Å². The molecule has 6 heteroatoms. The molecule has 2 aromatic carbocycles. The number of halogens is 1. The van der Waals surface area contributed by atoms with E-state index >= 15 is 0 Å². The number of hydrogen-bond acceptors (Lipinski definition) is 4. The van der Waals surface area contributed by atoms with Gasteiger partial charge < -0.3 is 10.1 Å². The maximum Gasteiger partial charge on any atom is 0.238 e. The Balaban J connectivity index is 1.92. The van der Waals surface area contributed by atoms with Crippen molar-refractivity contribution in [2.75, 3.05) is 26.0 Å². The summed E-state index contributed by atoms with van der Waals surface area (Å²) < 4.78 is 18.8. The molecule has 0 aliphatic heterocycles. The van der Waals surface area contributed by atoms with Crippen LogP contribution in [-0.2, 0) is 11.3 Å². The van der Waals surface area contributed by atoms with E-state index in [1.807, 2.05) is 6.07 Å². The van der Waals surface area contributed by atoms with Crippen LogP contribution < -0.4 is 10.1 Å². The van der Waals surface area contributed by atoms with E-state index in [4.69, 9.17) is 10.00 Å². The predicted molar refractivity (Wildman–Crippen MR) is 89.1 cm³/mol. The highest BCUT2D eigenvalue weighted by atomic mass is 19.1. The number of benzene rings is 2. The molecule has 1 N–H and O–H groups in total. The predicted octanol–water partition coefficient (Wildman–Crippen LogP) is 2.78. The summed E-state index contributed by atoms with van der Waals surface area (Å²) in [7, 11) is 3.29. The van der Waals surface area contributed by atoms with E-state index in [2.05, 4.69) is 5.32 Å². The summed E-state index contributed by atoms with van der Waals surface area (Å²) in [5.41, 5.74) is 1.43. The molecule has 0 radical (unpaired) electrons. The molecule has 2 aromatic rings. The second kappa shape index (κ2) is 8.09. The number of methoxy groups -OCH3 is 1. The second-order valence-electron chi connectivity index (χ2n) is 5.37. The van der Waals surface area contributed by atoms with Gasteiger partial charge in [-0.25, -0.2) is 4.39 Å². The number of likely N-dealkylation sites (N-methyl/N-ethyl adjacent to an activating group) is 1. The first kappa shape index (κ1) is 17.4. The SMILES string of the molecule is COc1ccc(NC(=O)CN(C)Cc2cc(C#N)ccc2F)cc1. The van der Waals surface area contributed by atoms with E-state index in [-0.39, 0.29) is 19.0 Å². The standard InChI is InChI=1S/C18H18FN3O2/c1-22(11-14-9-13(10-20)3-8-17(14)19)12-18(23)21-15-4-6-16(24-2)7-5-15/h3-9H,11-12H2,1-2H3,(H,21,23). The van der Waals surface area contributed by atoms with Crippen LogP contribution in [0, 0.1) is 17.1 Å². The van der Waals surface area contributed by atoms with Crippen LogP contribution in [0.2, 0.25) is 0 Å². The average molecular weight is 327 g/mol. The van der Waals surface area contributed by atoms with E-state index in [1.54, 1.807) is 43.3 Å². The number of nitrogens with one attached hydrogen (secondary N) is 1. The summed E-state index contributed by atoms with van der Waals surface area (Å²) in [6.45, 7) is 0.333. The summed E-state index contributed by atoms with van der Waals surface area (Å²) >= 11 is 0. The van der Waals surface area contributed by atoms with Crippen molar-refractivity contribution in [1.29, 1.82) is 5.26 Å². The number of hydrogen-bond donors (Lipinski definition) is 1. The van der Waals surface area contributed by atoms with Gasteiger partial charge in [-0.2, -0.15) is 5.26 Å². The normalized spacial score (nSPS) is 10.3. The number of carbonyl (C=O) groups excluding carboxylic acids is 1. The lowest BCUT2D eigenvalue weighted by atomic mass is 10.1. The second-order valence-corrected chi connectivity index (χ2v) is 5.37. The monoisotopic (exact) mass is 327 g/mol. The molecule has 0 atom stereocenters. The molecule has 0 unspecified atom stereocenters. The fourth-order valence-corrected chi connectivity index (χ4v) is 2.23. The highest BCUT2D eigenvalue weighted by Crippen LogP contribution is 2.15. The number of nitrogens with zero attached hydrogens (tertiary/aromatic N) is 2. The number of carbonyl (C=O) groups is 1. The molecule has 0 aromatic heterocycles. The Morgan fingerprint density at radius 2 is 2.00 bits per heavy atom. The van der Waals surface area contributed by atoms with Gasteiger partial charge in [0.2, 0.25) is 5.91 Å². The highest BCUT2D eigenvalue weighted by Gasteiger charge is 2.11. The minimum absolute atomic E-state index is 0.0995. The molecule has 1 amide bonds. The summed E-state index contributed by atoms with van der Waals surface area (Å²) in [6, 6.07) is 13.1. The minimum Gasteiger partial charge on any atom is -0.497 e. The number of nitriles is 1. The molecule has 5 nitrogen and oxygen atoms in total. The molecule has 0 saturated heterocycles. The smallest absolute Gasteiger partial charge is 0.238 e. The number of amides is 1. The van der Waals surface area contributed by atoms with Crippen molar-refractivity contribution in [2.45, 2.75) is 6.54 Å². The highest BCUT2D eigenvalue weighted by molar-refractivity contribution is 5.92. The van der Waals surface area contributed by atoms with Gasteiger partial charge in [-0.1, -0.05) is 0 Å². The Bertz CT molecular complexity index is 754. The van der Waals surface area contributed by atoms with Crippen LogP contribution in [0.25, 0.3) is 0 Å². The number of ether oxygens (including phenoxy) is 1. The van der Waals surface area contributed by atoms with Gasteiger partial charge in [0.15, 0.2) is 0 Å². The molecule has 2 rings (SSSR count). The molecule has 0 saturated carbocycles. The molecule has 0 bridgehead atoms. The fraction of sp³-hybridized carbons (Fsp3) is 0.222. The fourth-order valence-electron chi connectivity index (χ4n) is 2.23. The summed E-state index contributed by atoms with van der Waals surface area (Å²) in [5, 5.41) is 11.6. The summed E-state index contributed by atoms with van der Waals surface area (Å²) in [5.74, 6) is 0.105. The average Bonchev–Trinajstić information content (AvgIpc) is 2.57. The minimum atomic E-state index is -0.392. The molecule has 0 spiro atoms. The molecule has 0 heterocycles. The zero-order valence-corrected chi connectivity index (χ0v) is 13.5. The topological polar surface area (TPSA) is 65.4 Å². The molecular weight excluding hydrogens is 309 g/mol. The molecular formula is C18H18FN3O2. The van der Waals surface area contributed by atoms with Gasteiger partial charge in [0.25, 0.3) is 0 Å². The van der Waals surface area contributed by atoms with Crippen molar-refractivity contribution in [2.24, 2.45) is 0 Å². The Kier molecular flexibility index (Phi) is 5.88. The first-order valence-electron chi connectivity index (χ1n) is 7.33. The van der Waals surface area contributed by atoms with Gasteiger partial charge in [-0.05, 0) is 49.5 Å². The van der Waals surface area contributed by atoms with E-state index < -0.39 is 5.82 Å². The number of anilines is 1. The first-order valence-corrected chi connectivity index (χ1v) is 7.33. The molecule has 124 valence electrons. The zero-order valence-electron chi connectivity index (χ0n) is 13.5. The van der Waals surface area contributed by atoms with Gasteiger partial charge >= 0.3 is 0 Å². The van der Waals surface area contributed by atoms with Crippen LogP contribution >= 0.6 is 0 Å². The summed E-state index contributed by atoms with van der Waals surface area (Å²) in [6.07, 6.45) is 0. The molecule has 0 aliphatic rings. The van der Waals surface area contributed by atoms with E-state index in [9.17, 15) is 9.18 Å². The van der Waals surface area contributed by atoms with Crippen molar-refractivity contribution in [1.82, 2.24) is 4.90 Å². The van der Waals surface area contributed by atoms with Crippen LogP contribution in [0.5, 0.6) is 5.75 Å². The maximum absolute atomic E-state index is 13.8. The maximum atomic E-state index is 13.8. The van der Waals surface area contributed by atoms with Gasteiger partial charge in [-0.15, -0.1) is 0 Å². The van der Waals surface area contributed by atoms with Crippen molar-refractivity contribution >= 4 is 11.6 Å². The van der Waals surface area contributed by atoms with Crippen molar-refractivity contribution in [3.8, 4) is 11.8 Å². The first-order chi connectivity index (χ1) is 11.5. The van der Waals surface area contributed by atoms with E-state index in [0.29, 0.717) is 22.6 Å². The van der Waals surface area contributed by atoms with Crippen molar-refractivity contribution < 1.29 is 13.9 Å². The largest absolute Gasteiger partial charge is 0.497 e. The van der Waals surface area contributed by atoms with E-state index in [1.165, 1.54) is 18.2 Å². The Morgan fingerprint density at radius 3 is 2.62 bits per heavy atom. The lowest BCUT2D eigenvalue weighted by Gasteiger charge is -2.17. The molecule has 0 fully saturated rings. The third kappa shape index (κ3) is 4.80. The van der Waals surface area contributed by atoms with Gasteiger partial charge in [0.1, 0.15) is 11.6 Å². The lowest BCUT2D eigenvalue weighted by molar-refractivity contribution is -0.117. The Labute approximate surface area is 140 Å².